The number of fused-ring (bicyclic) bond motifs is 1. The van der Waals surface area contributed by atoms with Gasteiger partial charge in [0.25, 0.3) is 0 Å². The summed E-state index contributed by atoms with van der Waals surface area (Å²) in [4.78, 5) is 4.30. The topological polar surface area (TPSA) is 22.1 Å². The van der Waals surface area contributed by atoms with Gasteiger partial charge in [0, 0.05) is 17.1 Å². The Hall–Kier alpha value is -1.65. The van der Waals surface area contributed by atoms with E-state index in [9.17, 15) is 4.39 Å². The maximum absolute atomic E-state index is 13.5. The number of hydrogen-bond donors (Lipinski definition) is 0. The first kappa shape index (κ1) is 14.3. The van der Waals surface area contributed by atoms with Gasteiger partial charge in [-0.05, 0) is 46.3 Å². The lowest BCUT2D eigenvalue weighted by Gasteiger charge is -2.11. The van der Waals surface area contributed by atoms with Crippen molar-refractivity contribution < 1.29 is 9.13 Å². The summed E-state index contributed by atoms with van der Waals surface area (Å²) < 4.78 is 19.7. The summed E-state index contributed by atoms with van der Waals surface area (Å²) in [5.74, 6) is 0.307. The summed E-state index contributed by atoms with van der Waals surface area (Å²) in [5, 5.41) is 1.45. The number of benzene rings is 2. The van der Waals surface area contributed by atoms with E-state index in [4.69, 9.17) is 16.3 Å². The summed E-state index contributed by atoms with van der Waals surface area (Å²) >= 11 is 9.36. The second-order valence-corrected chi connectivity index (χ2v) is 5.65. The fraction of sp³-hybridized carbons (Fsp3) is 0.0625. The van der Waals surface area contributed by atoms with Crippen molar-refractivity contribution in [3.8, 4) is 5.75 Å². The standard InChI is InChI=1S/C16H10BrClFNO/c17-15-10(3-1-5-13(15)19)9-21-14-7-6-12(18)11-4-2-8-20-16(11)14/h1-8H,9H2. The molecule has 0 amide bonds. The fourth-order valence-electron chi connectivity index (χ4n) is 2.04. The molecule has 0 spiro atoms. The third kappa shape index (κ3) is 2.87. The van der Waals surface area contributed by atoms with Gasteiger partial charge in [-0.1, -0.05) is 23.7 Å². The predicted molar refractivity (Wildman–Crippen MR) is 85.2 cm³/mol. The first-order valence-electron chi connectivity index (χ1n) is 6.26. The van der Waals surface area contributed by atoms with Gasteiger partial charge in [0.1, 0.15) is 23.7 Å². The molecule has 2 aromatic carbocycles. The van der Waals surface area contributed by atoms with E-state index < -0.39 is 0 Å². The van der Waals surface area contributed by atoms with Gasteiger partial charge in [-0.25, -0.2) is 4.39 Å². The molecule has 1 heterocycles. The van der Waals surface area contributed by atoms with Crippen LogP contribution in [0.3, 0.4) is 0 Å². The molecule has 0 unspecified atom stereocenters. The molecule has 3 aromatic rings. The number of nitrogens with zero attached hydrogens (tertiary/aromatic N) is 1. The van der Waals surface area contributed by atoms with Crippen molar-refractivity contribution in [1.82, 2.24) is 4.98 Å². The Bertz CT molecular complexity index is 809. The van der Waals surface area contributed by atoms with Gasteiger partial charge in [-0.3, -0.25) is 4.98 Å². The van der Waals surface area contributed by atoms with Crippen LogP contribution in [0.2, 0.25) is 5.02 Å². The Morgan fingerprint density at radius 2 is 2.00 bits per heavy atom. The van der Waals surface area contributed by atoms with E-state index in [1.54, 1.807) is 30.5 Å². The van der Waals surface area contributed by atoms with Crippen LogP contribution in [-0.4, -0.2) is 4.98 Å². The van der Waals surface area contributed by atoms with Crippen LogP contribution < -0.4 is 4.74 Å². The Kier molecular flexibility index (Phi) is 4.08. The van der Waals surface area contributed by atoms with Crippen molar-refractivity contribution >= 4 is 38.4 Å². The molecule has 2 nitrogen and oxygen atoms in total. The zero-order valence-electron chi connectivity index (χ0n) is 10.8. The Labute approximate surface area is 134 Å². The highest BCUT2D eigenvalue weighted by Crippen LogP contribution is 2.30. The molecule has 5 heteroatoms. The van der Waals surface area contributed by atoms with Crippen molar-refractivity contribution in [2.45, 2.75) is 6.61 Å². The Morgan fingerprint density at radius 1 is 1.14 bits per heavy atom. The summed E-state index contributed by atoms with van der Waals surface area (Å²) in [6, 6.07) is 12.1. The van der Waals surface area contributed by atoms with Gasteiger partial charge in [0.05, 0.1) is 9.50 Å². The predicted octanol–water partition coefficient (Wildman–Crippen LogP) is 5.37. The molecule has 0 radical (unpaired) electrons. The summed E-state index contributed by atoms with van der Waals surface area (Å²) in [6.45, 7) is 0.242. The third-order valence-corrected chi connectivity index (χ3v) is 4.31. The van der Waals surface area contributed by atoms with Crippen LogP contribution in [-0.2, 0) is 6.61 Å². The lowest BCUT2D eigenvalue weighted by molar-refractivity contribution is 0.308. The molecule has 106 valence electrons. The van der Waals surface area contributed by atoms with E-state index in [0.717, 1.165) is 10.9 Å². The molecule has 0 aliphatic heterocycles. The first-order valence-corrected chi connectivity index (χ1v) is 7.43. The molecule has 0 saturated heterocycles. The smallest absolute Gasteiger partial charge is 0.146 e. The van der Waals surface area contributed by atoms with Crippen LogP contribution >= 0.6 is 27.5 Å². The molecule has 0 saturated carbocycles. The van der Waals surface area contributed by atoms with Gasteiger partial charge in [0.15, 0.2) is 0 Å². The second kappa shape index (κ2) is 6.00. The molecule has 0 atom stereocenters. The zero-order valence-corrected chi connectivity index (χ0v) is 13.2. The zero-order chi connectivity index (χ0) is 14.8. The van der Waals surface area contributed by atoms with E-state index in [-0.39, 0.29) is 12.4 Å². The van der Waals surface area contributed by atoms with E-state index in [1.165, 1.54) is 6.07 Å². The highest BCUT2D eigenvalue weighted by Gasteiger charge is 2.09. The van der Waals surface area contributed by atoms with Crippen LogP contribution in [0.25, 0.3) is 10.9 Å². The number of pyridine rings is 1. The van der Waals surface area contributed by atoms with Crippen LogP contribution in [0.15, 0.2) is 53.1 Å². The van der Waals surface area contributed by atoms with Crippen LogP contribution in [0.4, 0.5) is 4.39 Å². The lowest BCUT2D eigenvalue weighted by atomic mass is 10.2. The molecule has 0 N–H and O–H groups in total. The molecule has 1 aromatic heterocycles. The average Bonchev–Trinajstić information content (AvgIpc) is 2.51. The van der Waals surface area contributed by atoms with Crippen LogP contribution in [0, 0.1) is 5.82 Å². The number of halogens is 3. The fourth-order valence-corrected chi connectivity index (χ4v) is 2.64. The summed E-state index contributed by atoms with van der Waals surface area (Å²) in [7, 11) is 0. The van der Waals surface area contributed by atoms with Crippen molar-refractivity contribution in [1.29, 1.82) is 0 Å². The normalized spacial score (nSPS) is 10.8. The second-order valence-electron chi connectivity index (χ2n) is 4.45. The van der Waals surface area contributed by atoms with E-state index >= 15 is 0 Å². The molecule has 0 fully saturated rings. The first-order chi connectivity index (χ1) is 10.2. The number of rotatable bonds is 3. The largest absolute Gasteiger partial charge is 0.487 e. The quantitative estimate of drug-likeness (QED) is 0.622. The summed E-state index contributed by atoms with van der Waals surface area (Å²) in [5.41, 5.74) is 1.42. The minimum atomic E-state index is -0.310. The number of hydrogen-bond acceptors (Lipinski definition) is 2. The van der Waals surface area contributed by atoms with Crippen molar-refractivity contribution in [2.24, 2.45) is 0 Å². The van der Waals surface area contributed by atoms with Crippen LogP contribution in [0.1, 0.15) is 5.56 Å². The third-order valence-electron chi connectivity index (χ3n) is 3.09. The maximum atomic E-state index is 13.5. The average molecular weight is 367 g/mol. The van der Waals surface area contributed by atoms with Gasteiger partial charge in [-0.15, -0.1) is 0 Å². The molecule has 21 heavy (non-hydrogen) atoms. The molecule has 0 aliphatic rings. The van der Waals surface area contributed by atoms with Gasteiger partial charge in [0.2, 0.25) is 0 Å². The van der Waals surface area contributed by atoms with Crippen molar-refractivity contribution in [3.05, 3.63) is 69.5 Å². The Morgan fingerprint density at radius 3 is 2.86 bits per heavy atom. The molecule has 0 aliphatic carbocycles. The molecular weight excluding hydrogens is 357 g/mol. The van der Waals surface area contributed by atoms with Gasteiger partial charge >= 0.3 is 0 Å². The minimum Gasteiger partial charge on any atom is -0.487 e. The maximum Gasteiger partial charge on any atom is 0.146 e. The van der Waals surface area contributed by atoms with Crippen molar-refractivity contribution in [3.63, 3.8) is 0 Å². The number of aromatic nitrogens is 1. The highest BCUT2D eigenvalue weighted by atomic mass is 79.9. The SMILES string of the molecule is Fc1cccc(COc2ccc(Cl)c3cccnc23)c1Br. The van der Waals surface area contributed by atoms with E-state index in [1.807, 2.05) is 12.1 Å². The highest BCUT2D eigenvalue weighted by molar-refractivity contribution is 9.10. The van der Waals surface area contributed by atoms with Crippen molar-refractivity contribution in [2.75, 3.05) is 0 Å². The van der Waals surface area contributed by atoms with Gasteiger partial charge in [-0.2, -0.15) is 0 Å². The number of ether oxygens (including phenoxy) is 1. The Balaban J connectivity index is 1.92. The molecular formula is C16H10BrClFNO. The van der Waals surface area contributed by atoms with E-state index in [0.29, 0.717) is 20.8 Å². The van der Waals surface area contributed by atoms with Crippen LogP contribution in [0.5, 0.6) is 5.75 Å². The van der Waals surface area contributed by atoms with Gasteiger partial charge < -0.3 is 4.74 Å². The minimum absolute atomic E-state index is 0.242. The summed E-state index contributed by atoms with van der Waals surface area (Å²) in [6.07, 6.45) is 1.68. The molecule has 3 rings (SSSR count). The molecule has 0 bridgehead atoms. The monoisotopic (exact) mass is 365 g/mol. The lowest BCUT2D eigenvalue weighted by Crippen LogP contribution is -1.99. The van der Waals surface area contributed by atoms with E-state index in [2.05, 4.69) is 20.9 Å².